The molecule has 0 fully saturated rings. The second-order valence-electron chi connectivity index (χ2n) is 8.02. The molecule has 0 unspecified atom stereocenters. The van der Waals surface area contributed by atoms with E-state index < -0.39 is 17.0 Å². The third-order valence-corrected chi connectivity index (χ3v) is 15.6. The molecule has 0 aromatic heterocycles. The number of halogens is 1. The second kappa shape index (κ2) is 4.33. The van der Waals surface area contributed by atoms with Crippen LogP contribution in [0.2, 0.25) is 23.4 Å². The van der Waals surface area contributed by atoms with Gasteiger partial charge in [0, 0.05) is 5.88 Å². The normalized spacial score (nSPS) is 19.5. The summed E-state index contributed by atoms with van der Waals surface area (Å²) in [6.45, 7) is 3.35. The molecule has 0 aromatic carbocycles. The zero-order valence-corrected chi connectivity index (χ0v) is 15.2. The standard InChI is InChI=1S/C5H5.C3H5Cl.5CH3.Hf/c1-2-4-5-3-1;1-2-3-4;;;;;;/h1-3H,4H2;2H,1,3H2;5*1H3;. The summed E-state index contributed by atoms with van der Waals surface area (Å²) in [5, 5.41) is 0. The molecule has 15 heavy (non-hydrogen) atoms. The maximum absolute atomic E-state index is 5.07. The van der Waals surface area contributed by atoms with E-state index in [9.17, 15) is 0 Å². The Bertz CT molecular complexity index is 287. The van der Waals surface area contributed by atoms with E-state index in [4.69, 9.17) is 11.6 Å². The molecule has 88 valence electrons. The molecule has 2 heteroatoms. The van der Waals surface area contributed by atoms with Crippen LogP contribution in [-0.4, -0.2) is 5.88 Å². The van der Waals surface area contributed by atoms with Crippen molar-refractivity contribution >= 4 is 11.6 Å². The van der Waals surface area contributed by atoms with E-state index in [-0.39, 0.29) is 0 Å². The predicted molar refractivity (Wildman–Crippen MR) is 72.1 cm³/mol. The zero-order valence-electron chi connectivity index (χ0n) is 10.8. The van der Waals surface area contributed by atoms with Crippen LogP contribution in [0.25, 0.3) is 0 Å². The van der Waals surface area contributed by atoms with Gasteiger partial charge in [-0.15, -0.1) is 18.2 Å². The number of hydrogen-bond donors (Lipinski definition) is 0. The van der Waals surface area contributed by atoms with Gasteiger partial charge in [0.05, 0.1) is 0 Å². The van der Waals surface area contributed by atoms with Crippen molar-refractivity contribution in [2.45, 2.75) is 29.8 Å². The molecule has 0 amide bonds. The first-order valence-electron chi connectivity index (χ1n) is 5.55. The summed E-state index contributed by atoms with van der Waals surface area (Å²) in [6, 6.07) is 0. The van der Waals surface area contributed by atoms with Crippen LogP contribution < -0.4 is 0 Å². The van der Waals surface area contributed by atoms with Crippen LogP contribution in [0.15, 0.2) is 34.2 Å². The molecule has 0 nitrogen and oxygen atoms in total. The van der Waals surface area contributed by atoms with Crippen molar-refractivity contribution in [1.29, 1.82) is 0 Å². The SMILES string of the molecule is C=CCCl.[CH3][Hf]([CH3])([CH3])([CH3])([CH3])[C]1=CC=CC1. The van der Waals surface area contributed by atoms with Crippen molar-refractivity contribution in [2.24, 2.45) is 0 Å². The molecule has 0 bridgehead atoms. The van der Waals surface area contributed by atoms with Crippen LogP contribution in [0.4, 0.5) is 0 Å². The molecular weight excluding hydrogens is 370 g/mol. The van der Waals surface area contributed by atoms with Gasteiger partial charge in [-0.05, 0) is 0 Å². The molecule has 1 aliphatic rings. The first kappa shape index (κ1) is 15.4. The molecule has 1 aliphatic carbocycles. The molecule has 0 saturated heterocycles. The topological polar surface area (TPSA) is 0 Å². The Balaban J connectivity index is 0.000000423. The minimum atomic E-state index is -2.87. The predicted octanol–water partition coefficient (Wildman–Crippen LogP) is 5.71. The summed E-state index contributed by atoms with van der Waals surface area (Å²) in [4.78, 5) is 0. The Labute approximate surface area is 98.0 Å². The number of allylic oxidation sites excluding steroid dienone is 5. The van der Waals surface area contributed by atoms with Crippen molar-refractivity contribution in [3.63, 3.8) is 0 Å². The number of rotatable bonds is 2. The van der Waals surface area contributed by atoms with E-state index in [2.05, 4.69) is 48.2 Å². The van der Waals surface area contributed by atoms with Crippen LogP contribution in [0.1, 0.15) is 6.42 Å². The van der Waals surface area contributed by atoms with Crippen molar-refractivity contribution in [1.82, 2.24) is 0 Å². The summed E-state index contributed by atoms with van der Waals surface area (Å²) < 4.78 is 14.3. The van der Waals surface area contributed by atoms with Gasteiger partial charge in [-0.3, -0.25) is 0 Å². The maximum atomic E-state index is 5.07. The summed E-state index contributed by atoms with van der Waals surface area (Å²) in [7, 11) is 0. The average molecular weight is 395 g/mol. The zero-order chi connectivity index (χ0) is 12.2. The number of hydrogen-bond acceptors (Lipinski definition) is 0. The molecule has 0 heterocycles. The van der Waals surface area contributed by atoms with Crippen molar-refractivity contribution < 1.29 is 17.0 Å². The fourth-order valence-corrected chi connectivity index (χ4v) is 8.80. The summed E-state index contributed by atoms with van der Waals surface area (Å²) in [6.07, 6.45) is 9.66. The first-order chi connectivity index (χ1) is 6.51. The van der Waals surface area contributed by atoms with Gasteiger partial charge in [-0.2, -0.15) is 0 Å². The van der Waals surface area contributed by atoms with E-state index in [1.54, 1.807) is 9.41 Å². The van der Waals surface area contributed by atoms with Crippen LogP contribution in [0.5, 0.6) is 0 Å². The van der Waals surface area contributed by atoms with E-state index in [0.717, 1.165) is 0 Å². The second-order valence-corrected chi connectivity index (χ2v) is 55.5. The average Bonchev–Trinajstić information content (AvgIpc) is 2.53. The van der Waals surface area contributed by atoms with Gasteiger partial charge >= 0.3 is 68.4 Å². The Kier molecular flexibility index (Phi) is 4.44. The van der Waals surface area contributed by atoms with E-state index in [0.29, 0.717) is 5.88 Å². The number of alkyl halides is 1. The Hall–Kier alpha value is 0.380. The van der Waals surface area contributed by atoms with Gasteiger partial charge in [0.15, 0.2) is 0 Å². The van der Waals surface area contributed by atoms with E-state index >= 15 is 0 Å². The summed E-state index contributed by atoms with van der Waals surface area (Å²) in [5.74, 6) is 0.556. The van der Waals surface area contributed by atoms with Crippen LogP contribution in [0, 0.1) is 0 Å². The van der Waals surface area contributed by atoms with Crippen molar-refractivity contribution in [2.75, 3.05) is 5.88 Å². The third-order valence-electron chi connectivity index (χ3n) is 2.49. The van der Waals surface area contributed by atoms with Crippen LogP contribution in [-0.2, 0) is 17.0 Å². The molecule has 0 N–H and O–H groups in total. The molecule has 0 atom stereocenters. The molecule has 0 radical (unpaired) electrons. The van der Waals surface area contributed by atoms with Crippen molar-refractivity contribution in [3.05, 3.63) is 34.2 Å². The molecule has 0 saturated carbocycles. The van der Waals surface area contributed by atoms with Gasteiger partial charge in [0.2, 0.25) is 0 Å². The van der Waals surface area contributed by atoms with Gasteiger partial charge < -0.3 is 0 Å². The van der Waals surface area contributed by atoms with Gasteiger partial charge in [-0.25, -0.2) is 0 Å². The van der Waals surface area contributed by atoms with E-state index in [1.165, 1.54) is 6.42 Å². The van der Waals surface area contributed by atoms with Gasteiger partial charge in [0.25, 0.3) is 0 Å². The monoisotopic (exact) mass is 396 g/mol. The fourth-order valence-electron chi connectivity index (χ4n) is 1.37. The van der Waals surface area contributed by atoms with Crippen LogP contribution >= 0.6 is 11.6 Å². The molecule has 1 rings (SSSR count). The Morgan fingerprint density at radius 1 is 1.33 bits per heavy atom. The van der Waals surface area contributed by atoms with E-state index in [1.807, 2.05) is 0 Å². The third kappa shape index (κ3) is 6.52. The summed E-state index contributed by atoms with van der Waals surface area (Å²) in [5.41, 5.74) is 0. The fraction of sp³-hybridized carbons (Fsp3) is 0.538. The molecular formula is C13H25ClHf. The molecule has 0 spiro atoms. The summed E-state index contributed by atoms with van der Waals surface area (Å²) >= 11 is 2.20. The van der Waals surface area contributed by atoms with Gasteiger partial charge in [0.1, 0.15) is 0 Å². The molecule has 0 aromatic rings. The van der Waals surface area contributed by atoms with Gasteiger partial charge in [-0.1, -0.05) is 6.08 Å². The van der Waals surface area contributed by atoms with Crippen LogP contribution in [0.3, 0.4) is 0 Å². The quantitative estimate of drug-likeness (QED) is 0.319. The Morgan fingerprint density at radius 3 is 1.93 bits per heavy atom. The first-order valence-corrected chi connectivity index (χ1v) is 25.8. The molecule has 0 aliphatic heterocycles. The Morgan fingerprint density at radius 2 is 1.80 bits per heavy atom. The minimum absolute atomic E-state index is 0.556. The van der Waals surface area contributed by atoms with Crippen molar-refractivity contribution in [3.8, 4) is 0 Å².